The molecule has 0 aliphatic rings. The van der Waals surface area contributed by atoms with Crippen molar-refractivity contribution in [1.82, 2.24) is 0 Å². The maximum absolute atomic E-state index is 8.52. The zero-order valence-electron chi connectivity index (χ0n) is 4.21. The van der Waals surface area contributed by atoms with Crippen molar-refractivity contribution >= 4 is 56.7 Å². The molecule has 0 rings (SSSR count). The van der Waals surface area contributed by atoms with E-state index in [2.05, 4.69) is 0 Å². The van der Waals surface area contributed by atoms with Crippen LogP contribution in [0.5, 0.6) is 0 Å². The second-order valence-corrected chi connectivity index (χ2v) is 2.13. The van der Waals surface area contributed by atoms with Crippen molar-refractivity contribution in [2.24, 2.45) is 0 Å². The van der Waals surface area contributed by atoms with Gasteiger partial charge < -0.3 is 9.11 Å². The van der Waals surface area contributed by atoms with Gasteiger partial charge in [0.05, 0.1) is 5.34 Å². The van der Waals surface area contributed by atoms with Crippen molar-refractivity contribution < 1.29 is 17.5 Å². The van der Waals surface area contributed by atoms with Gasteiger partial charge in [0.2, 0.25) is 0 Å². The monoisotopic (exact) mass is 204 g/mol. The standard InChI is InChI=1S/CH2Cl2.Mg.H2O4S/c2-1-3;;1-5(2,3)4/h1H2;;(H2,1,2,3,4)/q;+2;/p-2. The van der Waals surface area contributed by atoms with Crippen molar-refractivity contribution in [1.29, 1.82) is 0 Å². The summed E-state index contributed by atoms with van der Waals surface area (Å²) in [4.78, 5) is 0. The average molecular weight is 205 g/mol. The Hall–Kier alpha value is 1.22. The van der Waals surface area contributed by atoms with Gasteiger partial charge in [-0.3, -0.25) is 8.42 Å². The van der Waals surface area contributed by atoms with E-state index in [1.165, 1.54) is 0 Å². The van der Waals surface area contributed by atoms with Crippen LogP contribution < -0.4 is 0 Å². The number of hydrogen-bond donors (Lipinski definition) is 0. The third-order valence-electron chi connectivity index (χ3n) is 0. The van der Waals surface area contributed by atoms with Crippen LogP contribution in [-0.2, 0) is 10.4 Å². The molecule has 0 amide bonds. The van der Waals surface area contributed by atoms with Crippen LogP contribution in [0.4, 0.5) is 0 Å². The summed E-state index contributed by atoms with van der Waals surface area (Å²) in [7, 11) is -5.17. The summed E-state index contributed by atoms with van der Waals surface area (Å²) in [6.07, 6.45) is 0. The van der Waals surface area contributed by atoms with Gasteiger partial charge in [0, 0.05) is 10.4 Å². The van der Waals surface area contributed by atoms with Gasteiger partial charge in [0.25, 0.3) is 0 Å². The molecular weight excluding hydrogens is 203 g/mol. The van der Waals surface area contributed by atoms with Crippen LogP contribution in [0, 0.1) is 0 Å². The topological polar surface area (TPSA) is 80.3 Å². The maximum atomic E-state index is 8.52. The van der Waals surface area contributed by atoms with Crippen LogP contribution >= 0.6 is 23.2 Å². The second kappa shape index (κ2) is 9.22. The van der Waals surface area contributed by atoms with E-state index in [0.717, 1.165) is 0 Å². The van der Waals surface area contributed by atoms with E-state index in [-0.39, 0.29) is 28.4 Å². The molecule has 9 heavy (non-hydrogen) atoms. The molecule has 52 valence electrons. The van der Waals surface area contributed by atoms with Gasteiger partial charge in [-0.15, -0.1) is 23.2 Å². The fourth-order valence-electron chi connectivity index (χ4n) is 0. The Morgan fingerprint density at radius 3 is 1.22 bits per heavy atom. The summed E-state index contributed by atoms with van der Waals surface area (Å²) in [6.45, 7) is 0. The van der Waals surface area contributed by atoms with Gasteiger partial charge >= 0.3 is 23.1 Å². The molecule has 0 saturated heterocycles. The van der Waals surface area contributed by atoms with Crippen LogP contribution in [0.25, 0.3) is 0 Å². The normalized spacial score (nSPS) is 8.44. The van der Waals surface area contributed by atoms with E-state index >= 15 is 0 Å². The third kappa shape index (κ3) is 324. The van der Waals surface area contributed by atoms with Gasteiger partial charge in [-0.2, -0.15) is 0 Å². The first-order valence-electron chi connectivity index (χ1n) is 1.20. The van der Waals surface area contributed by atoms with E-state index in [1.807, 2.05) is 0 Å². The number of alkyl halides is 2. The summed E-state index contributed by atoms with van der Waals surface area (Å²) in [5.41, 5.74) is 0. The molecule has 0 heterocycles. The zero-order valence-corrected chi connectivity index (χ0v) is 7.95. The van der Waals surface area contributed by atoms with Gasteiger partial charge in [0.15, 0.2) is 0 Å². The van der Waals surface area contributed by atoms with Crippen molar-refractivity contribution in [3.8, 4) is 0 Å². The molecular formula is CH2Cl2MgO4S. The first-order chi connectivity index (χ1) is 3.41. The predicted molar refractivity (Wildman–Crippen MR) is 32.8 cm³/mol. The molecule has 0 aromatic rings. The molecule has 8 heteroatoms. The zero-order chi connectivity index (χ0) is 7.21. The van der Waals surface area contributed by atoms with Crippen LogP contribution in [0.15, 0.2) is 0 Å². The molecule has 0 spiro atoms. The molecule has 0 unspecified atom stereocenters. The average Bonchev–Trinajstić information content (AvgIpc) is 1.27. The maximum Gasteiger partial charge on any atom is 2.00 e. The fourth-order valence-corrected chi connectivity index (χ4v) is 0. The molecule has 0 bridgehead atoms. The van der Waals surface area contributed by atoms with Crippen molar-refractivity contribution in [3.05, 3.63) is 0 Å². The molecule has 4 nitrogen and oxygen atoms in total. The Kier molecular flexibility index (Phi) is 17.1. The van der Waals surface area contributed by atoms with E-state index in [9.17, 15) is 0 Å². The minimum atomic E-state index is -5.17. The van der Waals surface area contributed by atoms with Crippen molar-refractivity contribution in [2.75, 3.05) is 5.34 Å². The largest absolute Gasteiger partial charge is 2.00 e. The SMILES string of the molecule is ClCCl.O=S(=O)([O-])[O-].[Mg+2]. The van der Waals surface area contributed by atoms with Gasteiger partial charge in [-0.25, -0.2) is 0 Å². The summed E-state index contributed by atoms with van der Waals surface area (Å²) < 4.78 is 34.1. The summed E-state index contributed by atoms with van der Waals surface area (Å²) in [5, 5.41) is 0.194. The molecule has 0 atom stereocenters. The Morgan fingerprint density at radius 2 is 1.22 bits per heavy atom. The smallest absolute Gasteiger partial charge is 0.759 e. The van der Waals surface area contributed by atoms with Crippen molar-refractivity contribution in [3.63, 3.8) is 0 Å². The first kappa shape index (κ1) is 16.7. The molecule has 0 aliphatic carbocycles. The molecule has 0 aliphatic heterocycles. The van der Waals surface area contributed by atoms with E-state index in [4.69, 9.17) is 40.7 Å². The van der Waals surface area contributed by atoms with Crippen LogP contribution in [0.2, 0.25) is 0 Å². The van der Waals surface area contributed by atoms with E-state index in [1.54, 1.807) is 0 Å². The summed E-state index contributed by atoms with van der Waals surface area (Å²) >= 11 is 9.53. The molecule has 0 aromatic carbocycles. The van der Waals surface area contributed by atoms with Gasteiger partial charge in [0.1, 0.15) is 0 Å². The van der Waals surface area contributed by atoms with E-state index in [0.29, 0.717) is 0 Å². The Labute approximate surface area is 79.3 Å². The quantitative estimate of drug-likeness (QED) is 0.235. The molecule has 0 radical (unpaired) electrons. The molecule has 0 N–H and O–H groups in total. The predicted octanol–water partition coefficient (Wildman–Crippen LogP) is -0.297. The summed E-state index contributed by atoms with van der Waals surface area (Å²) in [5.74, 6) is 0. The minimum absolute atomic E-state index is 0. The number of hydrogen-bond acceptors (Lipinski definition) is 4. The van der Waals surface area contributed by atoms with Crippen LogP contribution in [0.3, 0.4) is 0 Å². The van der Waals surface area contributed by atoms with Gasteiger partial charge in [-0.1, -0.05) is 0 Å². The van der Waals surface area contributed by atoms with Crippen molar-refractivity contribution in [2.45, 2.75) is 0 Å². The third-order valence-corrected chi connectivity index (χ3v) is 0. The minimum Gasteiger partial charge on any atom is -0.759 e. The molecule has 0 fully saturated rings. The fraction of sp³-hybridized carbons (Fsp3) is 1.00. The second-order valence-electron chi connectivity index (χ2n) is 0.509. The molecule has 0 saturated carbocycles. The number of rotatable bonds is 0. The number of halogens is 2. The Balaban J connectivity index is -0.0000000800. The Bertz CT molecular complexity index is 113. The van der Waals surface area contributed by atoms with Crippen LogP contribution in [-0.4, -0.2) is 45.9 Å². The van der Waals surface area contributed by atoms with E-state index < -0.39 is 10.4 Å². The summed E-state index contributed by atoms with van der Waals surface area (Å²) in [6, 6.07) is 0. The Morgan fingerprint density at radius 1 is 1.22 bits per heavy atom. The molecule has 0 aromatic heterocycles. The van der Waals surface area contributed by atoms with Crippen LogP contribution in [0.1, 0.15) is 0 Å². The first-order valence-corrected chi connectivity index (χ1v) is 3.60. The van der Waals surface area contributed by atoms with Gasteiger partial charge in [-0.05, 0) is 0 Å².